The fraction of sp³-hybridized carbons (Fsp3) is 0.400. The first kappa shape index (κ1) is 31.5. The Morgan fingerprint density at radius 1 is 0.568 bits per heavy atom. The van der Waals surface area contributed by atoms with Crippen molar-refractivity contribution in [2.24, 2.45) is 22.7 Å². The van der Waals surface area contributed by atoms with Crippen LogP contribution >= 0.6 is 0 Å². The van der Waals surface area contributed by atoms with Crippen LogP contribution in [0.25, 0.3) is 16.7 Å². The van der Waals surface area contributed by atoms with E-state index in [-0.39, 0.29) is 28.4 Å². The van der Waals surface area contributed by atoms with Gasteiger partial charge < -0.3 is 5.11 Å². The number of phenols is 1. The molecular weight excluding hydrogens is 538 g/mol. The molecule has 0 saturated heterocycles. The molecule has 1 heterocycles. The Morgan fingerprint density at radius 2 is 1.00 bits per heavy atom. The third kappa shape index (κ3) is 4.74. The fourth-order valence-electron chi connectivity index (χ4n) is 8.81. The highest BCUT2D eigenvalue weighted by molar-refractivity contribution is 5.74. The van der Waals surface area contributed by atoms with E-state index in [1.807, 2.05) is 24.3 Å². The van der Waals surface area contributed by atoms with Crippen LogP contribution in [0.5, 0.6) is 5.75 Å². The van der Waals surface area contributed by atoms with Crippen LogP contribution in [-0.2, 0) is 10.8 Å². The van der Waals surface area contributed by atoms with Crippen LogP contribution in [0.4, 0.5) is 0 Å². The molecule has 4 nitrogen and oxygen atoms in total. The fourth-order valence-corrected chi connectivity index (χ4v) is 8.81. The number of aromatic hydroxyl groups is 1. The molecule has 0 radical (unpaired) electrons. The summed E-state index contributed by atoms with van der Waals surface area (Å²) in [5, 5.41) is 22.3. The van der Waals surface area contributed by atoms with Crippen molar-refractivity contribution in [1.82, 2.24) is 15.0 Å². The summed E-state index contributed by atoms with van der Waals surface area (Å²) in [7, 11) is 0. The number of rotatable bonds is 7. The van der Waals surface area contributed by atoms with Gasteiger partial charge in [0.05, 0.1) is 0 Å². The first-order valence-electron chi connectivity index (χ1n) is 16.0. The van der Waals surface area contributed by atoms with Crippen molar-refractivity contribution >= 4 is 11.0 Å². The highest BCUT2D eigenvalue weighted by atomic mass is 16.3. The standard InChI is InChI=1S/C40H49N3O/c1-27(2)39(28(3)4,29-19-13-11-14-20-29)32-25-31(26-35(36(32)44)43-41-33-23-17-18-24-34(33)42-43)40(37(5,6)7,38(8,9)10)30-21-15-12-16-22-30/h11-28,44H,1-10H3. The van der Waals surface area contributed by atoms with Gasteiger partial charge in [0.15, 0.2) is 0 Å². The van der Waals surface area contributed by atoms with Crippen LogP contribution in [0.1, 0.15) is 91.5 Å². The molecule has 4 aromatic carbocycles. The summed E-state index contributed by atoms with van der Waals surface area (Å²) in [6.45, 7) is 23.1. The van der Waals surface area contributed by atoms with Gasteiger partial charge in [0.25, 0.3) is 0 Å². The van der Waals surface area contributed by atoms with E-state index in [1.54, 1.807) is 4.80 Å². The average molecular weight is 588 g/mol. The van der Waals surface area contributed by atoms with E-state index in [0.29, 0.717) is 5.69 Å². The molecule has 0 aliphatic carbocycles. The molecule has 0 saturated carbocycles. The lowest BCUT2D eigenvalue weighted by Gasteiger charge is -2.55. The maximum absolute atomic E-state index is 12.5. The molecule has 1 aromatic heterocycles. The van der Waals surface area contributed by atoms with Crippen LogP contribution in [0.15, 0.2) is 97.1 Å². The van der Waals surface area contributed by atoms with Gasteiger partial charge in [-0.05, 0) is 57.6 Å². The van der Waals surface area contributed by atoms with Gasteiger partial charge in [0, 0.05) is 16.4 Å². The van der Waals surface area contributed by atoms with Gasteiger partial charge >= 0.3 is 0 Å². The molecule has 230 valence electrons. The molecular formula is C40H49N3O. The Labute approximate surface area is 264 Å². The Kier molecular flexibility index (Phi) is 8.03. The Bertz CT molecular complexity index is 1680. The minimum absolute atomic E-state index is 0.180. The largest absolute Gasteiger partial charge is 0.505 e. The molecule has 5 rings (SSSR count). The number of benzene rings is 4. The van der Waals surface area contributed by atoms with Crippen molar-refractivity contribution in [1.29, 1.82) is 0 Å². The molecule has 0 atom stereocenters. The maximum atomic E-state index is 12.5. The van der Waals surface area contributed by atoms with Gasteiger partial charge in [0.2, 0.25) is 0 Å². The summed E-state index contributed by atoms with van der Waals surface area (Å²) < 4.78 is 0. The summed E-state index contributed by atoms with van der Waals surface area (Å²) in [6, 6.07) is 34.0. The van der Waals surface area contributed by atoms with E-state index < -0.39 is 10.8 Å². The minimum atomic E-state index is -0.485. The molecule has 5 aromatic rings. The van der Waals surface area contributed by atoms with E-state index in [0.717, 1.165) is 22.2 Å². The number of hydrogen-bond acceptors (Lipinski definition) is 3. The summed E-state index contributed by atoms with van der Waals surface area (Å²) in [5.41, 5.74) is 5.36. The molecule has 0 amide bonds. The molecule has 0 bridgehead atoms. The van der Waals surface area contributed by atoms with Gasteiger partial charge in [-0.15, -0.1) is 15.0 Å². The summed E-state index contributed by atoms with van der Waals surface area (Å²) in [6.07, 6.45) is 0. The SMILES string of the molecule is CC(C)C(c1ccccc1)(c1cc(C(c2ccccc2)(C(C)(C)C)C(C)(C)C)cc(-n2nc3ccccc3n2)c1O)C(C)C. The third-order valence-corrected chi connectivity index (χ3v) is 10.0. The topological polar surface area (TPSA) is 50.9 Å². The number of nitrogens with zero attached hydrogens (tertiary/aromatic N) is 3. The quantitative estimate of drug-likeness (QED) is 0.206. The lowest BCUT2D eigenvalue weighted by molar-refractivity contribution is 0.0903. The van der Waals surface area contributed by atoms with Gasteiger partial charge in [-0.3, -0.25) is 0 Å². The van der Waals surface area contributed by atoms with E-state index in [2.05, 4.69) is 142 Å². The number of aromatic nitrogens is 3. The monoisotopic (exact) mass is 587 g/mol. The second-order valence-electron chi connectivity index (χ2n) is 15.0. The van der Waals surface area contributed by atoms with Gasteiger partial charge in [-0.1, -0.05) is 148 Å². The van der Waals surface area contributed by atoms with E-state index >= 15 is 0 Å². The zero-order valence-electron chi connectivity index (χ0n) is 28.2. The highest BCUT2D eigenvalue weighted by Gasteiger charge is 2.54. The molecule has 4 heteroatoms. The third-order valence-electron chi connectivity index (χ3n) is 10.0. The maximum Gasteiger partial charge on any atom is 0.147 e. The Morgan fingerprint density at radius 3 is 1.43 bits per heavy atom. The van der Waals surface area contributed by atoms with E-state index in [9.17, 15) is 5.11 Å². The molecule has 0 fully saturated rings. The molecule has 0 spiro atoms. The van der Waals surface area contributed by atoms with Crippen molar-refractivity contribution in [2.75, 3.05) is 0 Å². The first-order valence-corrected chi connectivity index (χ1v) is 16.0. The summed E-state index contributed by atoms with van der Waals surface area (Å²) >= 11 is 0. The van der Waals surface area contributed by atoms with Crippen LogP contribution in [0.3, 0.4) is 0 Å². The van der Waals surface area contributed by atoms with Gasteiger partial charge in [0.1, 0.15) is 22.5 Å². The smallest absolute Gasteiger partial charge is 0.147 e. The molecule has 44 heavy (non-hydrogen) atoms. The minimum Gasteiger partial charge on any atom is -0.505 e. The van der Waals surface area contributed by atoms with Crippen molar-refractivity contribution in [3.05, 3.63) is 119 Å². The molecule has 0 aliphatic heterocycles. The van der Waals surface area contributed by atoms with Gasteiger partial charge in [-0.25, -0.2) is 0 Å². The van der Waals surface area contributed by atoms with Crippen LogP contribution in [-0.4, -0.2) is 20.1 Å². The zero-order valence-corrected chi connectivity index (χ0v) is 28.2. The second kappa shape index (κ2) is 11.2. The van der Waals surface area contributed by atoms with Crippen molar-refractivity contribution < 1.29 is 5.11 Å². The van der Waals surface area contributed by atoms with Crippen molar-refractivity contribution in [3.63, 3.8) is 0 Å². The Hall–Kier alpha value is -3.92. The molecule has 0 aliphatic rings. The highest BCUT2D eigenvalue weighted by Crippen LogP contribution is 2.60. The summed E-state index contributed by atoms with van der Waals surface area (Å²) in [5.74, 6) is 0.586. The van der Waals surface area contributed by atoms with Crippen molar-refractivity contribution in [3.8, 4) is 11.4 Å². The van der Waals surface area contributed by atoms with Crippen LogP contribution in [0.2, 0.25) is 0 Å². The Balaban J connectivity index is 2.01. The normalized spacial score (nSPS) is 13.3. The van der Waals surface area contributed by atoms with E-state index in [4.69, 9.17) is 10.2 Å². The van der Waals surface area contributed by atoms with Crippen LogP contribution < -0.4 is 0 Å². The predicted octanol–water partition coefficient (Wildman–Crippen LogP) is 10.1. The lowest BCUT2D eigenvalue weighted by Crippen LogP contribution is -2.51. The first-order chi connectivity index (χ1) is 20.7. The number of hydrogen-bond donors (Lipinski definition) is 1. The molecule has 1 N–H and O–H groups in total. The lowest BCUT2D eigenvalue weighted by atomic mass is 9.48. The molecule has 0 unspecified atom stereocenters. The number of fused-ring (bicyclic) bond motifs is 1. The predicted molar refractivity (Wildman–Crippen MR) is 184 cm³/mol. The van der Waals surface area contributed by atoms with Gasteiger partial charge in [-0.2, -0.15) is 0 Å². The second-order valence-corrected chi connectivity index (χ2v) is 15.0. The number of phenolic OH excluding ortho intramolecular Hbond substituents is 1. The van der Waals surface area contributed by atoms with Crippen molar-refractivity contribution in [2.45, 2.75) is 80.1 Å². The van der Waals surface area contributed by atoms with Crippen LogP contribution in [0, 0.1) is 22.7 Å². The average Bonchev–Trinajstić information content (AvgIpc) is 3.38. The van der Waals surface area contributed by atoms with E-state index in [1.165, 1.54) is 11.1 Å². The summed E-state index contributed by atoms with van der Waals surface area (Å²) in [4.78, 5) is 1.64. The zero-order chi connectivity index (χ0) is 32.1.